The van der Waals surface area contributed by atoms with E-state index in [1.54, 1.807) is 19.1 Å². The summed E-state index contributed by atoms with van der Waals surface area (Å²) in [6.07, 6.45) is 0. The van der Waals surface area contributed by atoms with Crippen molar-refractivity contribution in [2.45, 2.75) is 13.0 Å². The number of nitrogens with one attached hydrogen (secondary N) is 1. The fraction of sp³-hybridized carbons (Fsp3) is 0.300. The Kier molecular flexibility index (Phi) is 5.25. The van der Waals surface area contributed by atoms with E-state index < -0.39 is 0 Å². The molecule has 0 aliphatic carbocycles. The first-order chi connectivity index (χ1) is 7.45. The van der Waals surface area contributed by atoms with Crippen LogP contribution in [-0.4, -0.2) is 28.8 Å². The van der Waals surface area contributed by atoms with Crippen LogP contribution in [0.25, 0.3) is 0 Å². The Labute approximate surface area is 121 Å². The summed E-state index contributed by atoms with van der Waals surface area (Å²) in [4.78, 5) is 11.8. The SMILES string of the molecule is C[C@@H](CO)NC(=O)c1cc(I)cc(I)c1O. The van der Waals surface area contributed by atoms with Crippen molar-refractivity contribution in [2.75, 3.05) is 6.61 Å². The topological polar surface area (TPSA) is 69.6 Å². The molecular weight excluding hydrogens is 436 g/mol. The Balaban J connectivity index is 2.99. The highest BCUT2D eigenvalue weighted by Crippen LogP contribution is 2.26. The van der Waals surface area contributed by atoms with Crippen LogP contribution >= 0.6 is 45.2 Å². The predicted molar refractivity (Wildman–Crippen MR) is 77.6 cm³/mol. The number of rotatable bonds is 3. The molecule has 88 valence electrons. The van der Waals surface area contributed by atoms with Gasteiger partial charge < -0.3 is 15.5 Å². The fourth-order valence-corrected chi connectivity index (χ4v) is 2.93. The van der Waals surface area contributed by atoms with Crippen LogP contribution in [-0.2, 0) is 0 Å². The molecule has 0 bridgehead atoms. The molecule has 1 atom stereocenters. The van der Waals surface area contributed by atoms with Gasteiger partial charge in [0.05, 0.1) is 15.7 Å². The number of aliphatic hydroxyl groups excluding tert-OH is 1. The Morgan fingerprint density at radius 1 is 1.50 bits per heavy atom. The molecule has 0 aliphatic rings. The number of hydrogen-bond donors (Lipinski definition) is 3. The molecule has 0 spiro atoms. The summed E-state index contributed by atoms with van der Waals surface area (Å²) in [6, 6.07) is 3.06. The van der Waals surface area contributed by atoms with Crippen LogP contribution < -0.4 is 5.32 Å². The maximum Gasteiger partial charge on any atom is 0.255 e. The highest BCUT2D eigenvalue weighted by Gasteiger charge is 2.16. The van der Waals surface area contributed by atoms with Gasteiger partial charge in [-0.2, -0.15) is 0 Å². The minimum absolute atomic E-state index is 0.0244. The number of benzene rings is 1. The first-order valence-electron chi connectivity index (χ1n) is 4.55. The molecule has 3 N–H and O–H groups in total. The van der Waals surface area contributed by atoms with Crippen LogP contribution in [0.4, 0.5) is 0 Å². The third-order valence-corrected chi connectivity index (χ3v) is 3.37. The summed E-state index contributed by atoms with van der Waals surface area (Å²) in [6.45, 7) is 1.56. The molecule has 0 unspecified atom stereocenters. The number of aliphatic hydroxyl groups is 1. The van der Waals surface area contributed by atoms with Crippen molar-refractivity contribution < 1.29 is 15.0 Å². The van der Waals surface area contributed by atoms with Gasteiger partial charge in [0.1, 0.15) is 5.75 Å². The van der Waals surface area contributed by atoms with E-state index in [9.17, 15) is 9.90 Å². The number of aromatic hydroxyl groups is 1. The second-order valence-electron chi connectivity index (χ2n) is 3.34. The average Bonchev–Trinajstić information content (AvgIpc) is 2.22. The number of phenols is 1. The van der Waals surface area contributed by atoms with Gasteiger partial charge in [-0.1, -0.05) is 0 Å². The van der Waals surface area contributed by atoms with Crippen LogP contribution in [0.3, 0.4) is 0 Å². The first kappa shape index (κ1) is 14.0. The summed E-state index contributed by atoms with van der Waals surface area (Å²) in [7, 11) is 0. The van der Waals surface area contributed by atoms with Crippen molar-refractivity contribution in [3.05, 3.63) is 24.8 Å². The molecule has 1 aromatic rings. The molecule has 0 aromatic heterocycles. The lowest BCUT2D eigenvalue weighted by Gasteiger charge is -2.12. The van der Waals surface area contributed by atoms with Gasteiger partial charge in [0, 0.05) is 9.61 Å². The second-order valence-corrected chi connectivity index (χ2v) is 5.75. The summed E-state index contributed by atoms with van der Waals surface area (Å²) in [5.41, 5.74) is 0.233. The summed E-state index contributed by atoms with van der Waals surface area (Å²) >= 11 is 4.05. The summed E-state index contributed by atoms with van der Waals surface area (Å²) < 4.78 is 1.51. The minimum atomic E-state index is -0.379. The zero-order valence-corrected chi connectivity index (χ0v) is 12.8. The number of hydrogen-bond acceptors (Lipinski definition) is 3. The van der Waals surface area contributed by atoms with Gasteiger partial charge in [0.2, 0.25) is 0 Å². The minimum Gasteiger partial charge on any atom is -0.506 e. The van der Waals surface area contributed by atoms with Crippen molar-refractivity contribution in [3.8, 4) is 5.75 Å². The maximum absolute atomic E-state index is 11.8. The maximum atomic E-state index is 11.8. The largest absolute Gasteiger partial charge is 0.506 e. The normalized spacial score (nSPS) is 12.2. The standard InChI is InChI=1S/C10H11I2NO3/c1-5(4-14)13-10(16)7-2-6(11)3-8(12)9(7)15/h2-3,5,14-15H,4H2,1H3,(H,13,16)/t5-/m0/s1. The van der Waals surface area contributed by atoms with E-state index in [1.807, 2.05) is 22.6 Å². The Morgan fingerprint density at radius 2 is 2.12 bits per heavy atom. The molecule has 0 radical (unpaired) electrons. The molecule has 16 heavy (non-hydrogen) atoms. The van der Waals surface area contributed by atoms with E-state index in [-0.39, 0.29) is 29.9 Å². The highest BCUT2D eigenvalue weighted by molar-refractivity contribution is 14.1. The molecule has 0 aliphatic heterocycles. The van der Waals surface area contributed by atoms with Crippen LogP contribution in [0.1, 0.15) is 17.3 Å². The van der Waals surface area contributed by atoms with Gasteiger partial charge in [0.25, 0.3) is 5.91 Å². The molecule has 6 heteroatoms. The van der Waals surface area contributed by atoms with Crippen molar-refractivity contribution >= 4 is 51.1 Å². The van der Waals surface area contributed by atoms with E-state index in [4.69, 9.17) is 5.11 Å². The third kappa shape index (κ3) is 3.45. The van der Waals surface area contributed by atoms with Crippen LogP contribution in [0, 0.1) is 7.14 Å². The number of phenolic OH excluding ortho intramolecular Hbond substituents is 1. The second kappa shape index (κ2) is 6.01. The third-order valence-electron chi connectivity index (χ3n) is 1.92. The Morgan fingerprint density at radius 3 is 2.69 bits per heavy atom. The van der Waals surface area contributed by atoms with Crippen molar-refractivity contribution in [3.63, 3.8) is 0 Å². The molecule has 1 amide bonds. The molecule has 4 nitrogen and oxygen atoms in total. The molecule has 0 heterocycles. The lowest BCUT2D eigenvalue weighted by molar-refractivity contribution is 0.0919. The van der Waals surface area contributed by atoms with E-state index >= 15 is 0 Å². The van der Waals surface area contributed by atoms with Gasteiger partial charge in [-0.3, -0.25) is 4.79 Å². The molecule has 0 saturated heterocycles. The molecular formula is C10H11I2NO3. The average molecular weight is 447 g/mol. The number of carbonyl (C=O) groups is 1. The fourth-order valence-electron chi connectivity index (χ4n) is 1.09. The van der Waals surface area contributed by atoms with Crippen LogP contribution in [0.2, 0.25) is 0 Å². The first-order valence-corrected chi connectivity index (χ1v) is 6.71. The van der Waals surface area contributed by atoms with Crippen LogP contribution in [0.15, 0.2) is 12.1 Å². The lowest BCUT2D eigenvalue weighted by atomic mass is 10.2. The zero-order chi connectivity index (χ0) is 12.3. The quantitative estimate of drug-likeness (QED) is 0.619. The van der Waals surface area contributed by atoms with Gasteiger partial charge in [0.15, 0.2) is 0 Å². The monoisotopic (exact) mass is 447 g/mol. The van der Waals surface area contributed by atoms with Crippen molar-refractivity contribution in [1.82, 2.24) is 5.32 Å². The molecule has 1 rings (SSSR count). The molecule has 1 aromatic carbocycles. The molecule has 0 fully saturated rings. The van der Waals surface area contributed by atoms with E-state index in [1.165, 1.54) is 0 Å². The van der Waals surface area contributed by atoms with Gasteiger partial charge in [-0.15, -0.1) is 0 Å². The Bertz CT molecular complexity index is 409. The van der Waals surface area contributed by atoms with Gasteiger partial charge >= 0.3 is 0 Å². The predicted octanol–water partition coefficient (Wildman–Crippen LogP) is 1.71. The summed E-state index contributed by atoms with van der Waals surface area (Å²) in [5, 5.41) is 21.2. The lowest BCUT2D eigenvalue weighted by Crippen LogP contribution is -2.35. The zero-order valence-electron chi connectivity index (χ0n) is 8.50. The van der Waals surface area contributed by atoms with E-state index in [0.29, 0.717) is 3.57 Å². The number of halogens is 2. The highest BCUT2D eigenvalue weighted by atomic mass is 127. The van der Waals surface area contributed by atoms with E-state index in [0.717, 1.165) is 3.57 Å². The molecule has 0 saturated carbocycles. The van der Waals surface area contributed by atoms with Crippen molar-refractivity contribution in [1.29, 1.82) is 0 Å². The summed E-state index contributed by atoms with van der Waals surface area (Å²) in [5.74, 6) is -0.404. The van der Waals surface area contributed by atoms with Crippen molar-refractivity contribution in [2.24, 2.45) is 0 Å². The van der Waals surface area contributed by atoms with Gasteiger partial charge in [-0.05, 0) is 64.2 Å². The smallest absolute Gasteiger partial charge is 0.255 e. The van der Waals surface area contributed by atoms with Gasteiger partial charge in [-0.25, -0.2) is 0 Å². The van der Waals surface area contributed by atoms with E-state index in [2.05, 4.69) is 27.9 Å². The number of carbonyl (C=O) groups excluding carboxylic acids is 1. The van der Waals surface area contributed by atoms with Crippen LogP contribution in [0.5, 0.6) is 5.75 Å². The Hall–Kier alpha value is -0.0900. The number of amides is 1.